The molecule has 0 fully saturated rings. The first-order chi connectivity index (χ1) is 7.32. The predicted molar refractivity (Wildman–Crippen MR) is 66.4 cm³/mol. The fraction of sp³-hybridized carbons (Fsp3) is 0.364. The summed E-state index contributed by atoms with van der Waals surface area (Å²) in [5.74, 6) is -0.865. The van der Waals surface area contributed by atoms with Crippen molar-refractivity contribution in [3.8, 4) is 0 Å². The summed E-state index contributed by atoms with van der Waals surface area (Å²) in [4.78, 5) is 10.7. The lowest BCUT2D eigenvalue weighted by Crippen LogP contribution is -2.33. The van der Waals surface area contributed by atoms with Gasteiger partial charge in [-0.1, -0.05) is 29.3 Å². The number of carboxylic acid groups (broad SMARTS) is 1. The maximum Gasteiger partial charge on any atom is 0.305 e. The van der Waals surface area contributed by atoms with Crippen molar-refractivity contribution in [3.05, 3.63) is 28.2 Å². The summed E-state index contributed by atoms with van der Waals surface area (Å²) in [5.41, 5.74) is 0.0561. The predicted octanol–water partition coefficient (Wildman–Crippen LogP) is 3.66. The second-order valence-electron chi connectivity index (χ2n) is 4.18. The van der Waals surface area contributed by atoms with Crippen molar-refractivity contribution < 1.29 is 9.90 Å². The van der Waals surface area contributed by atoms with Gasteiger partial charge in [-0.3, -0.25) is 4.79 Å². The molecule has 0 aliphatic rings. The molecule has 0 aliphatic carbocycles. The fourth-order valence-electron chi connectivity index (χ4n) is 1.39. The lowest BCUT2D eigenvalue weighted by atomic mass is 10.0. The number of anilines is 1. The Morgan fingerprint density at radius 1 is 1.44 bits per heavy atom. The van der Waals surface area contributed by atoms with Gasteiger partial charge in [0.2, 0.25) is 0 Å². The highest BCUT2D eigenvalue weighted by atomic mass is 35.5. The van der Waals surface area contributed by atoms with Gasteiger partial charge in [-0.05, 0) is 26.0 Å². The highest BCUT2D eigenvalue weighted by Gasteiger charge is 2.22. The van der Waals surface area contributed by atoms with E-state index in [1.54, 1.807) is 32.0 Å². The normalized spacial score (nSPS) is 11.2. The minimum Gasteiger partial charge on any atom is -0.481 e. The molecule has 1 aromatic rings. The largest absolute Gasteiger partial charge is 0.481 e. The van der Waals surface area contributed by atoms with Gasteiger partial charge in [0.05, 0.1) is 22.2 Å². The van der Waals surface area contributed by atoms with Gasteiger partial charge < -0.3 is 10.4 Å². The molecular formula is C11H13Cl2NO2. The third-order valence-electron chi connectivity index (χ3n) is 2.02. The van der Waals surface area contributed by atoms with Gasteiger partial charge in [0.25, 0.3) is 0 Å². The molecule has 0 atom stereocenters. The maximum atomic E-state index is 10.7. The van der Waals surface area contributed by atoms with E-state index < -0.39 is 11.5 Å². The van der Waals surface area contributed by atoms with Crippen LogP contribution < -0.4 is 5.32 Å². The summed E-state index contributed by atoms with van der Waals surface area (Å²) in [5, 5.41) is 12.7. The van der Waals surface area contributed by atoms with Crippen LogP contribution >= 0.6 is 23.2 Å². The van der Waals surface area contributed by atoms with E-state index in [1.807, 2.05) is 0 Å². The number of benzene rings is 1. The Bertz CT molecular complexity index is 405. The Morgan fingerprint density at radius 3 is 2.62 bits per heavy atom. The van der Waals surface area contributed by atoms with Gasteiger partial charge in [-0.25, -0.2) is 0 Å². The van der Waals surface area contributed by atoms with Crippen molar-refractivity contribution in [1.82, 2.24) is 0 Å². The molecule has 0 saturated carbocycles. The monoisotopic (exact) mass is 261 g/mol. The summed E-state index contributed by atoms with van der Waals surface area (Å²) >= 11 is 11.9. The minimum absolute atomic E-state index is 0.00412. The van der Waals surface area contributed by atoms with Gasteiger partial charge in [-0.2, -0.15) is 0 Å². The van der Waals surface area contributed by atoms with Crippen molar-refractivity contribution in [2.24, 2.45) is 0 Å². The summed E-state index contributed by atoms with van der Waals surface area (Å²) in [7, 11) is 0. The molecule has 0 bridgehead atoms. The number of aliphatic carboxylic acids is 1. The van der Waals surface area contributed by atoms with Gasteiger partial charge in [-0.15, -0.1) is 0 Å². The molecule has 0 amide bonds. The zero-order valence-corrected chi connectivity index (χ0v) is 10.6. The molecule has 0 spiro atoms. The van der Waals surface area contributed by atoms with E-state index in [-0.39, 0.29) is 6.42 Å². The minimum atomic E-state index is -0.865. The molecule has 0 aliphatic heterocycles. The van der Waals surface area contributed by atoms with E-state index in [2.05, 4.69) is 5.32 Å². The first-order valence-corrected chi connectivity index (χ1v) is 5.51. The van der Waals surface area contributed by atoms with E-state index in [0.717, 1.165) is 0 Å². The van der Waals surface area contributed by atoms with Crippen molar-refractivity contribution in [3.63, 3.8) is 0 Å². The summed E-state index contributed by atoms with van der Waals surface area (Å²) in [6.07, 6.45) is -0.00412. The number of carbonyl (C=O) groups is 1. The van der Waals surface area contributed by atoms with E-state index in [0.29, 0.717) is 15.7 Å². The lowest BCUT2D eigenvalue weighted by molar-refractivity contribution is -0.137. The Kier molecular flexibility index (Phi) is 4.05. The van der Waals surface area contributed by atoms with Gasteiger partial charge in [0, 0.05) is 5.54 Å². The highest BCUT2D eigenvalue weighted by Crippen LogP contribution is 2.31. The smallest absolute Gasteiger partial charge is 0.305 e. The van der Waals surface area contributed by atoms with Crippen LogP contribution in [0.2, 0.25) is 10.0 Å². The van der Waals surface area contributed by atoms with Crippen LogP contribution in [0.3, 0.4) is 0 Å². The summed E-state index contributed by atoms with van der Waals surface area (Å²) in [6.45, 7) is 3.58. The van der Waals surface area contributed by atoms with Crippen molar-refractivity contribution >= 4 is 34.9 Å². The molecule has 0 aromatic heterocycles. The highest BCUT2D eigenvalue weighted by molar-refractivity contribution is 6.43. The average molecular weight is 262 g/mol. The van der Waals surface area contributed by atoms with Crippen LogP contribution in [-0.2, 0) is 4.79 Å². The molecule has 1 rings (SSSR count). The zero-order valence-electron chi connectivity index (χ0n) is 9.05. The second-order valence-corrected chi connectivity index (χ2v) is 4.97. The number of nitrogens with one attached hydrogen (secondary N) is 1. The van der Waals surface area contributed by atoms with Gasteiger partial charge in [0.15, 0.2) is 0 Å². The Morgan fingerprint density at radius 2 is 2.06 bits per heavy atom. The third kappa shape index (κ3) is 3.58. The molecule has 2 N–H and O–H groups in total. The lowest BCUT2D eigenvalue weighted by Gasteiger charge is -2.26. The zero-order chi connectivity index (χ0) is 12.3. The van der Waals surface area contributed by atoms with Gasteiger partial charge >= 0.3 is 5.97 Å². The quantitative estimate of drug-likeness (QED) is 0.870. The Hall–Kier alpha value is -0.930. The molecule has 0 radical (unpaired) electrons. The molecule has 3 nitrogen and oxygen atoms in total. The number of hydrogen-bond acceptors (Lipinski definition) is 2. The van der Waals surface area contributed by atoms with E-state index in [1.165, 1.54) is 0 Å². The van der Waals surface area contributed by atoms with Crippen LogP contribution in [0.15, 0.2) is 18.2 Å². The molecular weight excluding hydrogens is 249 g/mol. The van der Waals surface area contributed by atoms with Crippen molar-refractivity contribution in [2.75, 3.05) is 5.32 Å². The van der Waals surface area contributed by atoms with Crippen LogP contribution in [0.25, 0.3) is 0 Å². The first-order valence-electron chi connectivity index (χ1n) is 4.76. The number of hydrogen-bond donors (Lipinski definition) is 2. The van der Waals surface area contributed by atoms with Crippen LogP contribution in [0.4, 0.5) is 5.69 Å². The summed E-state index contributed by atoms with van der Waals surface area (Å²) < 4.78 is 0. The fourth-order valence-corrected chi connectivity index (χ4v) is 1.73. The molecule has 1 aromatic carbocycles. The van der Waals surface area contributed by atoms with E-state index in [9.17, 15) is 4.79 Å². The van der Waals surface area contributed by atoms with Crippen LogP contribution in [-0.4, -0.2) is 16.6 Å². The van der Waals surface area contributed by atoms with Crippen LogP contribution in [0.1, 0.15) is 20.3 Å². The summed E-state index contributed by atoms with van der Waals surface area (Å²) in [6, 6.07) is 5.20. The first kappa shape index (κ1) is 13.1. The van der Waals surface area contributed by atoms with Crippen molar-refractivity contribution in [2.45, 2.75) is 25.8 Å². The van der Waals surface area contributed by atoms with Gasteiger partial charge in [0.1, 0.15) is 0 Å². The molecule has 16 heavy (non-hydrogen) atoms. The van der Waals surface area contributed by atoms with Crippen molar-refractivity contribution in [1.29, 1.82) is 0 Å². The Balaban J connectivity index is 2.87. The molecule has 5 heteroatoms. The third-order valence-corrected chi connectivity index (χ3v) is 2.84. The van der Waals surface area contributed by atoms with Crippen LogP contribution in [0.5, 0.6) is 0 Å². The maximum absolute atomic E-state index is 10.7. The molecule has 0 saturated heterocycles. The number of carboxylic acids is 1. The topological polar surface area (TPSA) is 49.3 Å². The second kappa shape index (κ2) is 4.93. The molecule has 88 valence electrons. The van der Waals surface area contributed by atoms with Crippen LogP contribution in [0, 0.1) is 0 Å². The standard InChI is InChI=1S/C11H13Cl2NO2/c1-11(2,6-9(15)16)14-8-5-3-4-7(12)10(8)13/h3-5,14H,6H2,1-2H3,(H,15,16). The molecule has 0 unspecified atom stereocenters. The Labute approximate surface area is 104 Å². The van der Waals surface area contributed by atoms with E-state index in [4.69, 9.17) is 28.3 Å². The number of rotatable bonds is 4. The van der Waals surface area contributed by atoms with E-state index >= 15 is 0 Å². The molecule has 0 heterocycles. The SMILES string of the molecule is CC(C)(CC(=O)O)Nc1cccc(Cl)c1Cl. The number of halogens is 2. The average Bonchev–Trinajstić information content (AvgIpc) is 2.10.